The summed E-state index contributed by atoms with van der Waals surface area (Å²) in [5.41, 5.74) is 2.32. The van der Waals surface area contributed by atoms with Gasteiger partial charge in [-0.3, -0.25) is 0 Å². The van der Waals surface area contributed by atoms with Crippen LogP contribution in [0.25, 0.3) is 0 Å². The third-order valence-corrected chi connectivity index (χ3v) is 6.62. The van der Waals surface area contributed by atoms with Gasteiger partial charge in [0.05, 0.1) is 11.0 Å². The van der Waals surface area contributed by atoms with E-state index in [2.05, 4.69) is 24.4 Å². The molecule has 0 radical (unpaired) electrons. The normalized spacial score (nSPS) is 15.1. The SMILES string of the molecule is CCNC(CS(=O)(=O)C(C)C(C)C)c1ccc(CC)cc1. The third kappa shape index (κ3) is 5.11. The van der Waals surface area contributed by atoms with Gasteiger partial charge >= 0.3 is 0 Å². The van der Waals surface area contributed by atoms with Crippen molar-refractivity contribution in [2.45, 2.75) is 52.3 Å². The first-order valence-corrected chi connectivity index (χ1v) is 9.57. The number of sulfone groups is 1. The summed E-state index contributed by atoms with van der Waals surface area (Å²) in [5, 5.41) is 3.00. The molecule has 2 atom stereocenters. The molecule has 0 aliphatic heterocycles. The van der Waals surface area contributed by atoms with E-state index >= 15 is 0 Å². The number of aryl methyl sites for hydroxylation is 1. The van der Waals surface area contributed by atoms with Crippen LogP contribution in [0.4, 0.5) is 0 Å². The molecule has 21 heavy (non-hydrogen) atoms. The van der Waals surface area contributed by atoms with Crippen LogP contribution in [-0.4, -0.2) is 26.0 Å². The molecule has 1 aromatic carbocycles. The second kappa shape index (κ2) is 7.95. The summed E-state index contributed by atoms with van der Waals surface area (Å²) in [6, 6.07) is 8.12. The predicted octanol–water partition coefficient (Wildman–Crippen LogP) is 3.36. The molecule has 0 aliphatic carbocycles. The van der Waals surface area contributed by atoms with Gasteiger partial charge in [0.15, 0.2) is 9.84 Å². The van der Waals surface area contributed by atoms with E-state index in [4.69, 9.17) is 0 Å². The predicted molar refractivity (Wildman–Crippen MR) is 90.3 cm³/mol. The minimum atomic E-state index is -3.11. The Morgan fingerprint density at radius 3 is 2.05 bits per heavy atom. The molecule has 1 aromatic rings. The van der Waals surface area contributed by atoms with E-state index in [0.29, 0.717) is 0 Å². The Morgan fingerprint density at radius 1 is 1.05 bits per heavy atom. The summed E-state index contributed by atoms with van der Waals surface area (Å²) in [5.74, 6) is 0.297. The van der Waals surface area contributed by atoms with Gasteiger partial charge in [0.25, 0.3) is 0 Å². The highest BCUT2D eigenvalue weighted by atomic mass is 32.2. The van der Waals surface area contributed by atoms with Crippen molar-refractivity contribution in [1.29, 1.82) is 0 Å². The van der Waals surface area contributed by atoms with Crippen LogP contribution in [0.15, 0.2) is 24.3 Å². The van der Waals surface area contributed by atoms with Gasteiger partial charge in [-0.1, -0.05) is 52.0 Å². The molecule has 0 amide bonds. The molecule has 0 aliphatic rings. The molecule has 120 valence electrons. The van der Waals surface area contributed by atoms with Gasteiger partial charge in [0.2, 0.25) is 0 Å². The van der Waals surface area contributed by atoms with E-state index in [1.165, 1.54) is 5.56 Å². The first-order chi connectivity index (χ1) is 9.81. The minimum Gasteiger partial charge on any atom is -0.309 e. The van der Waals surface area contributed by atoms with Gasteiger partial charge in [-0.15, -0.1) is 0 Å². The maximum Gasteiger partial charge on any atom is 0.155 e. The maximum atomic E-state index is 12.5. The third-order valence-electron chi connectivity index (χ3n) is 4.15. The molecular weight excluding hydrogens is 282 g/mol. The minimum absolute atomic E-state index is 0.132. The van der Waals surface area contributed by atoms with Crippen molar-refractivity contribution in [3.63, 3.8) is 0 Å². The van der Waals surface area contributed by atoms with Gasteiger partial charge in [0.1, 0.15) is 0 Å². The Kier molecular flexibility index (Phi) is 6.88. The van der Waals surface area contributed by atoms with Crippen LogP contribution in [0.3, 0.4) is 0 Å². The van der Waals surface area contributed by atoms with Crippen molar-refractivity contribution in [1.82, 2.24) is 5.32 Å². The van der Waals surface area contributed by atoms with Gasteiger partial charge in [-0.05, 0) is 36.9 Å². The Labute approximate surface area is 130 Å². The highest BCUT2D eigenvalue weighted by Gasteiger charge is 2.27. The molecule has 0 saturated carbocycles. The van der Waals surface area contributed by atoms with Crippen molar-refractivity contribution in [3.05, 3.63) is 35.4 Å². The van der Waals surface area contributed by atoms with Gasteiger partial charge in [-0.25, -0.2) is 8.42 Å². The van der Waals surface area contributed by atoms with Crippen LogP contribution >= 0.6 is 0 Å². The fraction of sp³-hybridized carbons (Fsp3) is 0.647. The molecule has 1 N–H and O–H groups in total. The van der Waals surface area contributed by atoms with Gasteiger partial charge in [0, 0.05) is 6.04 Å². The Morgan fingerprint density at radius 2 is 1.62 bits per heavy atom. The lowest BCUT2D eigenvalue weighted by Crippen LogP contribution is -2.34. The standard InChI is InChI=1S/C17H29NO2S/c1-6-15-8-10-16(11-9-15)17(18-7-2)12-21(19,20)14(5)13(3)4/h8-11,13-14,17-18H,6-7,12H2,1-5H3. The van der Waals surface area contributed by atoms with Crippen molar-refractivity contribution in [2.75, 3.05) is 12.3 Å². The monoisotopic (exact) mass is 311 g/mol. The van der Waals surface area contributed by atoms with Crippen molar-refractivity contribution in [2.24, 2.45) is 5.92 Å². The molecule has 0 aromatic heterocycles. The number of rotatable bonds is 8. The summed E-state index contributed by atoms with van der Waals surface area (Å²) in [6.45, 7) is 10.6. The molecule has 0 heterocycles. The lowest BCUT2D eigenvalue weighted by molar-refractivity contribution is 0.525. The zero-order chi connectivity index (χ0) is 16.0. The zero-order valence-electron chi connectivity index (χ0n) is 13.9. The number of nitrogens with one attached hydrogen (secondary N) is 1. The molecular formula is C17H29NO2S. The fourth-order valence-corrected chi connectivity index (χ4v) is 4.21. The van der Waals surface area contributed by atoms with E-state index in [1.54, 1.807) is 0 Å². The van der Waals surface area contributed by atoms with E-state index in [-0.39, 0.29) is 23.0 Å². The molecule has 0 bridgehead atoms. The molecule has 2 unspecified atom stereocenters. The van der Waals surface area contributed by atoms with Gasteiger partial charge < -0.3 is 5.32 Å². The topological polar surface area (TPSA) is 46.2 Å². The van der Waals surface area contributed by atoms with Crippen molar-refractivity contribution < 1.29 is 8.42 Å². The Hall–Kier alpha value is -0.870. The zero-order valence-corrected chi connectivity index (χ0v) is 14.7. The molecule has 4 heteroatoms. The maximum absolute atomic E-state index is 12.5. The average Bonchev–Trinajstić information content (AvgIpc) is 2.45. The smallest absolute Gasteiger partial charge is 0.155 e. The molecule has 1 rings (SSSR count). The van der Waals surface area contributed by atoms with E-state index in [1.807, 2.05) is 39.8 Å². The molecule has 3 nitrogen and oxygen atoms in total. The van der Waals surface area contributed by atoms with Crippen LogP contribution in [-0.2, 0) is 16.3 Å². The van der Waals surface area contributed by atoms with Crippen LogP contribution in [0, 0.1) is 5.92 Å². The molecule has 0 spiro atoms. The first-order valence-electron chi connectivity index (χ1n) is 7.85. The highest BCUT2D eigenvalue weighted by molar-refractivity contribution is 7.92. The average molecular weight is 311 g/mol. The Balaban J connectivity index is 2.96. The van der Waals surface area contributed by atoms with Crippen molar-refractivity contribution >= 4 is 9.84 Å². The van der Waals surface area contributed by atoms with E-state index < -0.39 is 9.84 Å². The molecule has 0 saturated heterocycles. The highest BCUT2D eigenvalue weighted by Crippen LogP contribution is 2.21. The Bertz CT molecular complexity index is 520. The second-order valence-corrected chi connectivity index (χ2v) is 8.39. The summed E-state index contributed by atoms with van der Waals surface area (Å²) in [7, 11) is -3.11. The number of benzene rings is 1. The first kappa shape index (κ1) is 18.2. The van der Waals surface area contributed by atoms with Crippen LogP contribution < -0.4 is 5.32 Å². The van der Waals surface area contributed by atoms with Crippen LogP contribution in [0.2, 0.25) is 0 Å². The fourth-order valence-electron chi connectivity index (χ4n) is 2.30. The lowest BCUT2D eigenvalue weighted by atomic mass is 10.0. The lowest BCUT2D eigenvalue weighted by Gasteiger charge is -2.23. The second-order valence-electron chi connectivity index (χ2n) is 5.98. The van der Waals surface area contributed by atoms with E-state index in [0.717, 1.165) is 18.5 Å². The van der Waals surface area contributed by atoms with Crippen LogP contribution in [0.1, 0.15) is 51.8 Å². The largest absolute Gasteiger partial charge is 0.309 e. The number of hydrogen-bond donors (Lipinski definition) is 1. The van der Waals surface area contributed by atoms with Crippen molar-refractivity contribution in [3.8, 4) is 0 Å². The summed E-state index contributed by atoms with van der Waals surface area (Å²) in [4.78, 5) is 0. The number of hydrogen-bond acceptors (Lipinski definition) is 3. The van der Waals surface area contributed by atoms with Crippen LogP contribution in [0.5, 0.6) is 0 Å². The quantitative estimate of drug-likeness (QED) is 0.801. The summed E-state index contributed by atoms with van der Waals surface area (Å²) in [6.07, 6.45) is 0.995. The summed E-state index contributed by atoms with van der Waals surface area (Å²) < 4.78 is 25.0. The van der Waals surface area contributed by atoms with E-state index in [9.17, 15) is 8.42 Å². The molecule has 0 fully saturated rings. The van der Waals surface area contributed by atoms with Gasteiger partial charge in [-0.2, -0.15) is 0 Å². The summed E-state index contributed by atoms with van der Waals surface area (Å²) >= 11 is 0.